The number of rotatable bonds is 1. The summed E-state index contributed by atoms with van der Waals surface area (Å²) in [7, 11) is 0. The van der Waals surface area contributed by atoms with Gasteiger partial charge in [0.15, 0.2) is 0 Å². The number of fused-ring (bicyclic) bond motifs is 1. The van der Waals surface area contributed by atoms with Crippen LogP contribution in [0.2, 0.25) is 0 Å². The summed E-state index contributed by atoms with van der Waals surface area (Å²) in [6.07, 6.45) is 1.16. The van der Waals surface area contributed by atoms with Crippen LogP contribution in [0, 0.1) is 6.92 Å². The Balaban J connectivity index is 1.89. The van der Waals surface area contributed by atoms with E-state index >= 15 is 0 Å². The number of benzene rings is 1. The van der Waals surface area contributed by atoms with Crippen molar-refractivity contribution in [1.82, 2.24) is 0 Å². The molecule has 1 aromatic heterocycles. The lowest BCUT2D eigenvalue weighted by Gasteiger charge is -2.29. The Morgan fingerprint density at radius 3 is 3.00 bits per heavy atom. The monoisotopic (exact) mass is 244 g/mol. The van der Waals surface area contributed by atoms with Crippen LogP contribution >= 0.6 is 11.3 Å². The molecule has 3 rings (SSSR count). The van der Waals surface area contributed by atoms with Crippen molar-refractivity contribution in [3.63, 3.8) is 0 Å². The van der Waals surface area contributed by atoms with Gasteiger partial charge in [-0.05, 0) is 54.1 Å². The largest absolute Gasteiger partial charge is 0.399 e. The van der Waals surface area contributed by atoms with E-state index in [9.17, 15) is 0 Å². The molecule has 88 valence electrons. The molecule has 0 saturated carbocycles. The van der Waals surface area contributed by atoms with E-state index < -0.39 is 0 Å². The van der Waals surface area contributed by atoms with Gasteiger partial charge in [-0.1, -0.05) is 0 Å². The van der Waals surface area contributed by atoms with Crippen LogP contribution in [0.1, 0.15) is 16.0 Å². The van der Waals surface area contributed by atoms with Crippen LogP contribution in [-0.4, -0.2) is 6.54 Å². The summed E-state index contributed by atoms with van der Waals surface area (Å²) in [5.74, 6) is 0. The van der Waals surface area contributed by atoms with E-state index in [0.29, 0.717) is 0 Å². The van der Waals surface area contributed by atoms with Crippen molar-refractivity contribution in [2.75, 3.05) is 17.2 Å². The number of nitrogen functional groups attached to an aromatic ring is 1. The Hall–Kier alpha value is -1.48. The van der Waals surface area contributed by atoms with Gasteiger partial charge in [0.2, 0.25) is 0 Å². The topological polar surface area (TPSA) is 29.3 Å². The number of aryl methyl sites for hydroxylation is 1. The van der Waals surface area contributed by atoms with E-state index in [4.69, 9.17) is 5.73 Å². The summed E-state index contributed by atoms with van der Waals surface area (Å²) in [6, 6.07) is 8.57. The van der Waals surface area contributed by atoms with Crippen LogP contribution in [0.15, 0.2) is 29.6 Å². The maximum Gasteiger partial charge on any atom is 0.0440 e. The quantitative estimate of drug-likeness (QED) is 0.781. The van der Waals surface area contributed by atoms with Crippen molar-refractivity contribution in [3.05, 3.63) is 45.6 Å². The molecule has 0 spiro atoms. The highest BCUT2D eigenvalue weighted by atomic mass is 32.1. The Labute approximate surface area is 106 Å². The molecule has 0 unspecified atom stereocenters. The van der Waals surface area contributed by atoms with Crippen LogP contribution in [0.5, 0.6) is 0 Å². The fraction of sp³-hybridized carbons (Fsp3) is 0.286. The standard InChI is InChI=1S/C14H16N2S/c1-10-8-12(2-3-13(10)15)16-6-4-14-11(9-16)5-7-17-14/h2-3,5,7-8H,4,6,9,15H2,1H3. The molecule has 3 heteroatoms. The molecule has 2 nitrogen and oxygen atoms in total. The Bertz CT molecular complexity index is 545. The third kappa shape index (κ3) is 1.91. The van der Waals surface area contributed by atoms with Gasteiger partial charge in [0.05, 0.1) is 0 Å². The highest BCUT2D eigenvalue weighted by Crippen LogP contribution is 2.29. The zero-order valence-electron chi connectivity index (χ0n) is 9.94. The Morgan fingerprint density at radius 2 is 2.18 bits per heavy atom. The third-order valence-electron chi connectivity index (χ3n) is 3.43. The minimum atomic E-state index is 0.877. The molecular formula is C14H16N2S. The summed E-state index contributed by atoms with van der Waals surface area (Å²) in [6.45, 7) is 4.21. The summed E-state index contributed by atoms with van der Waals surface area (Å²) in [5, 5.41) is 2.20. The molecule has 2 N–H and O–H groups in total. The van der Waals surface area contributed by atoms with E-state index in [0.717, 1.165) is 25.2 Å². The fourth-order valence-electron chi connectivity index (χ4n) is 2.33. The summed E-state index contributed by atoms with van der Waals surface area (Å²) in [5.41, 5.74) is 10.7. The van der Waals surface area contributed by atoms with Gasteiger partial charge in [-0.2, -0.15) is 0 Å². The van der Waals surface area contributed by atoms with E-state index in [2.05, 4.69) is 35.4 Å². The number of thiophene rings is 1. The number of nitrogens with zero attached hydrogens (tertiary/aromatic N) is 1. The van der Waals surface area contributed by atoms with Crippen molar-refractivity contribution in [2.24, 2.45) is 0 Å². The minimum Gasteiger partial charge on any atom is -0.399 e. The van der Waals surface area contributed by atoms with E-state index in [-0.39, 0.29) is 0 Å². The second kappa shape index (κ2) is 4.08. The molecule has 17 heavy (non-hydrogen) atoms. The number of anilines is 2. The third-order valence-corrected chi connectivity index (χ3v) is 4.45. The second-order valence-corrected chi connectivity index (χ2v) is 5.58. The molecule has 0 fully saturated rings. The molecule has 0 saturated heterocycles. The number of hydrogen-bond acceptors (Lipinski definition) is 3. The molecule has 0 bridgehead atoms. The molecular weight excluding hydrogens is 228 g/mol. The molecule has 0 atom stereocenters. The Morgan fingerprint density at radius 1 is 1.29 bits per heavy atom. The van der Waals surface area contributed by atoms with Crippen LogP contribution in [0.25, 0.3) is 0 Å². The summed E-state index contributed by atoms with van der Waals surface area (Å²) >= 11 is 1.88. The number of hydrogen-bond donors (Lipinski definition) is 1. The zero-order chi connectivity index (χ0) is 11.8. The predicted molar refractivity (Wildman–Crippen MR) is 74.7 cm³/mol. The molecule has 0 amide bonds. The van der Waals surface area contributed by atoms with Crippen molar-refractivity contribution in [1.29, 1.82) is 0 Å². The van der Waals surface area contributed by atoms with Gasteiger partial charge < -0.3 is 10.6 Å². The minimum absolute atomic E-state index is 0.877. The van der Waals surface area contributed by atoms with Crippen molar-refractivity contribution >= 4 is 22.7 Å². The first-order valence-electron chi connectivity index (χ1n) is 5.90. The van der Waals surface area contributed by atoms with Crippen LogP contribution < -0.4 is 10.6 Å². The van der Waals surface area contributed by atoms with E-state index in [1.807, 2.05) is 17.4 Å². The average molecular weight is 244 g/mol. The lowest BCUT2D eigenvalue weighted by atomic mass is 10.1. The predicted octanol–water partition coefficient (Wildman–Crippen LogP) is 3.20. The maximum absolute atomic E-state index is 5.86. The molecule has 0 radical (unpaired) electrons. The van der Waals surface area contributed by atoms with Crippen LogP contribution in [0.4, 0.5) is 11.4 Å². The van der Waals surface area contributed by atoms with Gasteiger partial charge >= 0.3 is 0 Å². The average Bonchev–Trinajstić information content (AvgIpc) is 2.79. The lowest BCUT2D eigenvalue weighted by molar-refractivity contribution is 0.743. The van der Waals surface area contributed by atoms with Crippen molar-refractivity contribution in [2.45, 2.75) is 19.9 Å². The van der Waals surface area contributed by atoms with E-state index in [1.54, 1.807) is 4.88 Å². The fourth-order valence-corrected chi connectivity index (χ4v) is 3.22. The second-order valence-electron chi connectivity index (χ2n) is 4.58. The summed E-state index contributed by atoms with van der Waals surface area (Å²) < 4.78 is 0. The molecule has 2 heterocycles. The Kier molecular flexibility index (Phi) is 2.56. The number of nitrogens with two attached hydrogens (primary N) is 1. The zero-order valence-corrected chi connectivity index (χ0v) is 10.8. The van der Waals surface area contributed by atoms with Gasteiger partial charge in [0.25, 0.3) is 0 Å². The first-order chi connectivity index (χ1) is 8.24. The molecule has 2 aromatic rings. The lowest BCUT2D eigenvalue weighted by Crippen LogP contribution is -2.29. The first-order valence-corrected chi connectivity index (χ1v) is 6.78. The van der Waals surface area contributed by atoms with Gasteiger partial charge in [-0.25, -0.2) is 0 Å². The van der Waals surface area contributed by atoms with Gasteiger partial charge in [0, 0.05) is 29.3 Å². The van der Waals surface area contributed by atoms with E-state index in [1.165, 1.54) is 16.8 Å². The SMILES string of the molecule is Cc1cc(N2CCc3sccc3C2)ccc1N. The van der Waals surface area contributed by atoms with Gasteiger partial charge in [-0.15, -0.1) is 11.3 Å². The first kappa shape index (κ1) is 10.7. The maximum atomic E-state index is 5.86. The van der Waals surface area contributed by atoms with Crippen LogP contribution in [-0.2, 0) is 13.0 Å². The van der Waals surface area contributed by atoms with Crippen molar-refractivity contribution in [3.8, 4) is 0 Å². The normalized spacial score (nSPS) is 14.8. The molecule has 1 aromatic carbocycles. The van der Waals surface area contributed by atoms with Gasteiger partial charge in [-0.3, -0.25) is 0 Å². The highest BCUT2D eigenvalue weighted by molar-refractivity contribution is 7.10. The molecule has 1 aliphatic heterocycles. The van der Waals surface area contributed by atoms with Crippen LogP contribution in [0.3, 0.4) is 0 Å². The molecule has 0 aliphatic carbocycles. The highest BCUT2D eigenvalue weighted by Gasteiger charge is 2.17. The molecule has 1 aliphatic rings. The van der Waals surface area contributed by atoms with Crippen molar-refractivity contribution < 1.29 is 0 Å². The smallest absolute Gasteiger partial charge is 0.0440 e. The summed E-state index contributed by atoms with van der Waals surface area (Å²) in [4.78, 5) is 3.98. The van der Waals surface area contributed by atoms with Gasteiger partial charge in [0.1, 0.15) is 0 Å².